The van der Waals surface area contributed by atoms with Gasteiger partial charge in [-0.3, -0.25) is 0 Å². The Morgan fingerprint density at radius 2 is 2.00 bits per heavy atom. The number of nitrogens with zero attached hydrogens (tertiary/aromatic N) is 1. The van der Waals surface area contributed by atoms with Crippen LogP contribution < -0.4 is 5.32 Å². The van der Waals surface area contributed by atoms with E-state index in [-0.39, 0.29) is 0 Å². The van der Waals surface area contributed by atoms with Crippen molar-refractivity contribution in [3.63, 3.8) is 0 Å². The highest BCUT2D eigenvalue weighted by atomic mass is 32.1. The van der Waals surface area contributed by atoms with Gasteiger partial charge in [0, 0.05) is 6.54 Å². The SMILES string of the molecule is Cc1cccc(CCNc2nc3ccccc3s2)c1. The molecular formula is C16H16N2S. The van der Waals surface area contributed by atoms with Crippen LogP contribution in [-0.2, 0) is 6.42 Å². The van der Waals surface area contributed by atoms with Crippen LogP contribution >= 0.6 is 11.3 Å². The summed E-state index contributed by atoms with van der Waals surface area (Å²) < 4.78 is 1.24. The second-order valence-electron chi connectivity index (χ2n) is 4.65. The minimum absolute atomic E-state index is 0.920. The van der Waals surface area contributed by atoms with E-state index in [9.17, 15) is 0 Å². The molecular weight excluding hydrogens is 252 g/mol. The van der Waals surface area contributed by atoms with E-state index in [4.69, 9.17) is 0 Å². The van der Waals surface area contributed by atoms with Crippen molar-refractivity contribution in [2.75, 3.05) is 11.9 Å². The fraction of sp³-hybridized carbons (Fsp3) is 0.188. The zero-order valence-corrected chi connectivity index (χ0v) is 11.7. The average Bonchev–Trinajstić information content (AvgIpc) is 2.81. The third-order valence-electron chi connectivity index (χ3n) is 3.07. The summed E-state index contributed by atoms with van der Waals surface area (Å²) in [5.74, 6) is 0. The zero-order chi connectivity index (χ0) is 13.1. The van der Waals surface area contributed by atoms with Gasteiger partial charge in [-0.2, -0.15) is 0 Å². The maximum absolute atomic E-state index is 4.57. The second-order valence-corrected chi connectivity index (χ2v) is 5.68. The lowest BCUT2D eigenvalue weighted by Gasteiger charge is -2.03. The number of rotatable bonds is 4. The average molecular weight is 268 g/mol. The van der Waals surface area contributed by atoms with Crippen molar-refractivity contribution in [2.24, 2.45) is 0 Å². The van der Waals surface area contributed by atoms with E-state index in [1.165, 1.54) is 15.8 Å². The molecule has 0 atom stereocenters. The summed E-state index contributed by atoms with van der Waals surface area (Å²) in [7, 11) is 0. The van der Waals surface area contributed by atoms with Gasteiger partial charge in [0.05, 0.1) is 10.2 Å². The Kier molecular flexibility index (Phi) is 3.47. The molecule has 3 rings (SSSR count). The molecule has 96 valence electrons. The predicted octanol–water partition coefficient (Wildman–Crippen LogP) is 4.26. The van der Waals surface area contributed by atoms with Crippen LogP contribution in [0, 0.1) is 6.92 Å². The number of hydrogen-bond acceptors (Lipinski definition) is 3. The van der Waals surface area contributed by atoms with Crippen molar-refractivity contribution in [1.29, 1.82) is 0 Å². The highest BCUT2D eigenvalue weighted by Crippen LogP contribution is 2.25. The van der Waals surface area contributed by atoms with Gasteiger partial charge in [0.15, 0.2) is 5.13 Å². The smallest absolute Gasteiger partial charge is 0.183 e. The molecule has 0 aliphatic heterocycles. The molecule has 0 spiro atoms. The molecule has 1 N–H and O–H groups in total. The van der Waals surface area contributed by atoms with Crippen LogP contribution in [0.15, 0.2) is 48.5 Å². The van der Waals surface area contributed by atoms with Crippen LogP contribution in [0.3, 0.4) is 0 Å². The van der Waals surface area contributed by atoms with Gasteiger partial charge in [0.2, 0.25) is 0 Å². The summed E-state index contributed by atoms with van der Waals surface area (Å²) >= 11 is 1.71. The van der Waals surface area contributed by atoms with Crippen LogP contribution in [0.4, 0.5) is 5.13 Å². The minimum atomic E-state index is 0.920. The summed E-state index contributed by atoms with van der Waals surface area (Å²) in [5, 5.41) is 4.42. The van der Waals surface area contributed by atoms with Gasteiger partial charge in [-0.15, -0.1) is 0 Å². The molecule has 1 heterocycles. The van der Waals surface area contributed by atoms with Gasteiger partial charge in [-0.1, -0.05) is 53.3 Å². The molecule has 0 aliphatic carbocycles. The van der Waals surface area contributed by atoms with Gasteiger partial charge in [-0.25, -0.2) is 4.98 Å². The van der Waals surface area contributed by atoms with E-state index >= 15 is 0 Å². The molecule has 0 unspecified atom stereocenters. The molecule has 2 nitrogen and oxygen atoms in total. The molecule has 0 saturated heterocycles. The predicted molar refractivity (Wildman–Crippen MR) is 83.0 cm³/mol. The first-order valence-corrected chi connectivity index (χ1v) is 7.28. The summed E-state index contributed by atoms with van der Waals surface area (Å²) in [6, 6.07) is 16.9. The number of para-hydroxylation sites is 1. The molecule has 3 heteroatoms. The van der Waals surface area contributed by atoms with E-state index < -0.39 is 0 Å². The van der Waals surface area contributed by atoms with Crippen molar-refractivity contribution >= 4 is 26.7 Å². The number of anilines is 1. The molecule has 0 saturated carbocycles. The third kappa shape index (κ3) is 2.93. The van der Waals surface area contributed by atoms with Crippen molar-refractivity contribution in [3.8, 4) is 0 Å². The first-order chi connectivity index (χ1) is 9.31. The first kappa shape index (κ1) is 12.2. The van der Waals surface area contributed by atoms with Crippen molar-refractivity contribution in [2.45, 2.75) is 13.3 Å². The molecule has 19 heavy (non-hydrogen) atoms. The number of fused-ring (bicyclic) bond motifs is 1. The maximum atomic E-state index is 4.57. The molecule has 0 amide bonds. The van der Waals surface area contributed by atoms with Gasteiger partial charge in [-0.05, 0) is 31.0 Å². The van der Waals surface area contributed by atoms with Gasteiger partial charge < -0.3 is 5.32 Å². The molecule has 0 bridgehead atoms. The highest BCUT2D eigenvalue weighted by Gasteiger charge is 2.02. The lowest BCUT2D eigenvalue weighted by Crippen LogP contribution is -2.04. The van der Waals surface area contributed by atoms with Crippen LogP contribution in [0.5, 0.6) is 0 Å². The normalized spacial score (nSPS) is 10.8. The van der Waals surface area contributed by atoms with Gasteiger partial charge >= 0.3 is 0 Å². The van der Waals surface area contributed by atoms with E-state index in [1.807, 2.05) is 6.07 Å². The molecule has 0 aliphatic rings. The third-order valence-corrected chi connectivity index (χ3v) is 4.06. The number of hydrogen-bond donors (Lipinski definition) is 1. The number of aryl methyl sites for hydroxylation is 1. The fourth-order valence-corrected chi connectivity index (χ4v) is 3.02. The molecule has 1 aromatic heterocycles. The Labute approximate surface area is 117 Å². The van der Waals surface area contributed by atoms with E-state index in [0.29, 0.717) is 0 Å². The molecule has 2 aromatic carbocycles. The van der Waals surface area contributed by atoms with E-state index in [0.717, 1.165) is 23.6 Å². The Bertz CT molecular complexity index is 655. The zero-order valence-electron chi connectivity index (χ0n) is 10.9. The number of nitrogens with one attached hydrogen (secondary N) is 1. The largest absolute Gasteiger partial charge is 0.361 e. The lowest BCUT2D eigenvalue weighted by molar-refractivity contribution is 1.01. The van der Waals surface area contributed by atoms with Crippen LogP contribution in [0.2, 0.25) is 0 Å². The number of benzene rings is 2. The summed E-state index contributed by atoms with van der Waals surface area (Å²) in [4.78, 5) is 4.57. The minimum Gasteiger partial charge on any atom is -0.361 e. The lowest BCUT2D eigenvalue weighted by atomic mass is 10.1. The maximum Gasteiger partial charge on any atom is 0.183 e. The quantitative estimate of drug-likeness (QED) is 0.764. The fourth-order valence-electron chi connectivity index (χ4n) is 2.13. The summed E-state index contributed by atoms with van der Waals surface area (Å²) in [5.41, 5.74) is 3.76. The van der Waals surface area contributed by atoms with Gasteiger partial charge in [0.25, 0.3) is 0 Å². The summed E-state index contributed by atoms with van der Waals surface area (Å²) in [6.07, 6.45) is 1.03. The number of thiazole rings is 1. The highest BCUT2D eigenvalue weighted by molar-refractivity contribution is 7.22. The Balaban J connectivity index is 1.63. The first-order valence-electron chi connectivity index (χ1n) is 6.46. The molecule has 0 radical (unpaired) electrons. The van der Waals surface area contributed by atoms with E-state index in [2.05, 4.69) is 59.7 Å². The van der Waals surface area contributed by atoms with Gasteiger partial charge in [0.1, 0.15) is 0 Å². The standard InChI is InChI=1S/C16H16N2S/c1-12-5-4-6-13(11-12)9-10-17-16-18-14-7-2-3-8-15(14)19-16/h2-8,11H,9-10H2,1H3,(H,17,18). The Morgan fingerprint density at radius 1 is 1.11 bits per heavy atom. The second kappa shape index (κ2) is 5.41. The van der Waals surface area contributed by atoms with Crippen molar-refractivity contribution in [1.82, 2.24) is 4.98 Å². The monoisotopic (exact) mass is 268 g/mol. The van der Waals surface area contributed by atoms with Crippen molar-refractivity contribution < 1.29 is 0 Å². The van der Waals surface area contributed by atoms with Crippen LogP contribution in [0.25, 0.3) is 10.2 Å². The Morgan fingerprint density at radius 3 is 2.84 bits per heavy atom. The molecule has 0 fully saturated rings. The summed E-state index contributed by atoms with van der Waals surface area (Å²) in [6.45, 7) is 3.05. The van der Waals surface area contributed by atoms with Crippen LogP contribution in [-0.4, -0.2) is 11.5 Å². The van der Waals surface area contributed by atoms with E-state index in [1.54, 1.807) is 11.3 Å². The topological polar surface area (TPSA) is 24.9 Å². The Hall–Kier alpha value is -1.87. The number of aromatic nitrogens is 1. The molecule has 3 aromatic rings. The van der Waals surface area contributed by atoms with Crippen molar-refractivity contribution in [3.05, 3.63) is 59.7 Å². The van der Waals surface area contributed by atoms with Crippen LogP contribution in [0.1, 0.15) is 11.1 Å².